The minimum atomic E-state index is -0.913. The zero-order chi connectivity index (χ0) is 8.20. The van der Waals surface area contributed by atoms with E-state index in [4.69, 9.17) is 5.11 Å². The van der Waals surface area contributed by atoms with E-state index in [9.17, 15) is 5.11 Å². The van der Waals surface area contributed by atoms with Crippen molar-refractivity contribution in [1.82, 2.24) is 4.90 Å². The number of nitrogens with zero attached hydrogens (tertiary/aromatic N) is 1. The van der Waals surface area contributed by atoms with Crippen molar-refractivity contribution in [2.45, 2.75) is 18.9 Å². The van der Waals surface area contributed by atoms with E-state index >= 15 is 0 Å². The Kier molecular flexibility index (Phi) is 3.86. The van der Waals surface area contributed by atoms with Gasteiger partial charge in [0, 0.05) is 6.54 Å². The van der Waals surface area contributed by atoms with Crippen molar-refractivity contribution >= 4 is 0 Å². The van der Waals surface area contributed by atoms with Crippen LogP contribution in [0.3, 0.4) is 0 Å². The highest BCUT2D eigenvalue weighted by Gasteiger charge is 2.23. The Balaban J connectivity index is 3.80. The summed E-state index contributed by atoms with van der Waals surface area (Å²) < 4.78 is 0. The summed E-state index contributed by atoms with van der Waals surface area (Å²) in [7, 11) is 3.74. The lowest BCUT2D eigenvalue weighted by molar-refractivity contribution is -0.0342. The maximum Gasteiger partial charge on any atom is 0.1000 e. The summed E-state index contributed by atoms with van der Waals surface area (Å²) in [6, 6.07) is 0. The van der Waals surface area contributed by atoms with Gasteiger partial charge in [-0.2, -0.15) is 0 Å². The molecule has 62 valence electrons. The Morgan fingerprint density at radius 2 is 1.90 bits per heavy atom. The van der Waals surface area contributed by atoms with Gasteiger partial charge in [-0.1, -0.05) is 6.92 Å². The van der Waals surface area contributed by atoms with Crippen LogP contribution in [-0.2, 0) is 0 Å². The first-order valence-electron chi connectivity index (χ1n) is 3.52. The molecule has 0 heterocycles. The van der Waals surface area contributed by atoms with E-state index in [0.717, 1.165) is 0 Å². The topological polar surface area (TPSA) is 43.7 Å². The van der Waals surface area contributed by atoms with Gasteiger partial charge in [0.25, 0.3) is 0 Å². The third-order valence-corrected chi connectivity index (χ3v) is 1.56. The molecule has 0 amide bonds. The lowest BCUT2D eigenvalue weighted by Crippen LogP contribution is -2.42. The number of hydrogen-bond donors (Lipinski definition) is 2. The molecular formula is C7H17NO2. The third-order valence-electron chi connectivity index (χ3n) is 1.56. The number of rotatable bonds is 4. The molecule has 2 N–H and O–H groups in total. The standard InChI is InChI=1S/C7H17NO2/c1-4-7(10,6-9)5-8(2)3/h9-10H,4-6H2,1-3H3. The fourth-order valence-electron chi connectivity index (χ4n) is 0.862. The second-order valence-corrected chi connectivity index (χ2v) is 2.97. The van der Waals surface area contributed by atoms with Crippen LogP contribution in [0.5, 0.6) is 0 Å². The van der Waals surface area contributed by atoms with Crippen molar-refractivity contribution in [2.24, 2.45) is 0 Å². The van der Waals surface area contributed by atoms with Gasteiger partial charge in [-0.05, 0) is 20.5 Å². The average Bonchev–Trinajstić information content (AvgIpc) is 1.87. The fraction of sp³-hybridized carbons (Fsp3) is 1.00. The van der Waals surface area contributed by atoms with Crippen molar-refractivity contribution < 1.29 is 10.2 Å². The fourth-order valence-corrected chi connectivity index (χ4v) is 0.862. The Morgan fingerprint density at radius 1 is 1.40 bits per heavy atom. The normalized spacial score (nSPS) is 17.4. The molecule has 0 aliphatic rings. The summed E-state index contributed by atoms with van der Waals surface area (Å²) in [5, 5.41) is 18.3. The predicted molar refractivity (Wildman–Crippen MR) is 40.9 cm³/mol. The molecule has 0 aliphatic carbocycles. The summed E-state index contributed by atoms with van der Waals surface area (Å²) in [5.74, 6) is 0. The van der Waals surface area contributed by atoms with Gasteiger partial charge in [-0.25, -0.2) is 0 Å². The van der Waals surface area contributed by atoms with Crippen molar-refractivity contribution in [3.8, 4) is 0 Å². The molecule has 0 aromatic rings. The molecule has 1 unspecified atom stereocenters. The van der Waals surface area contributed by atoms with Crippen LogP contribution in [0.15, 0.2) is 0 Å². The number of aliphatic hydroxyl groups excluding tert-OH is 1. The Labute approximate surface area is 62.3 Å². The van der Waals surface area contributed by atoms with E-state index in [0.29, 0.717) is 13.0 Å². The zero-order valence-corrected chi connectivity index (χ0v) is 6.96. The van der Waals surface area contributed by atoms with Gasteiger partial charge < -0.3 is 15.1 Å². The van der Waals surface area contributed by atoms with E-state index < -0.39 is 5.60 Å². The first-order valence-corrected chi connectivity index (χ1v) is 3.52. The van der Waals surface area contributed by atoms with Crippen LogP contribution in [0.1, 0.15) is 13.3 Å². The minimum absolute atomic E-state index is 0.165. The highest BCUT2D eigenvalue weighted by Crippen LogP contribution is 2.08. The average molecular weight is 147 g/mol. The molecule has 0 spiro atoms. The summed E-state index contributed by atoms with van der Waals surface area (Å²) in [4.78, 5) is 1.86. The van der Waals surface area contributed by atoms with Gasteiger partial charge in [0.2, 0.25) is 0 Å². The van der Waals surface area contributed by atoms with Crippen molar-refractivity contribution in [3.63, 3.8) is 0 Å². The molecule has 0 saturated heterocycles. The molecule has 3 nitrogen and oxygen atoms in total. The summed E-state index contributed by atoms with van der Waals surface area (Å²) in [6.07, 6.45) is 0.585. The SMILES string of the molecule is CCC(O)(CO)CN(C)C. The van der Waals surface area contributed by atoms with Crippen LogP contribution in [0.25, 0.3) is 0 Å². The second-order valence-electron chi connectivity index (χ2n) is 2.97. The van der Waals surface area contributed by atoms with Crippen LogP contribution in [0, 0.1) is 0 Å². The van der Waals surface area contributed by atoms with Crippen molar-refractivity contribution in [1.29, 1.82) is 0 Å². The van der Waals surface area contributed by atoms with Gasteiger partial charge in [0.1, 0.15) is 0 Å². The van der Waals surface area contributed by atoms with E-state index in [-0.39, 0.29) is 6.61 Å². The van der Waals surface area contributed by atoms with E-state index in [2.05, 4.69) is 0 Å². The van der Waals surface area contributed by atoms with Crippen LogP contribution < -0.4 is 0 Å². The number of hydrogen-bond acceptors (Lipinski definition) is 3. The van der Waals surface area contributed by atoms with Gasteiger partial charge in [0.15, 0.2) is 0 Å². The Morgan fingerprint density at radius 3 is 2.00 bits per heavy atom. The number of aliphatic hydroxyl groups is 2. The zero-order valence-electron chi connectivity index (χ0n) is 6.96. The summed E-state index contributed by atoms with van der Waals surface area (Å²) >= 11 is 0. The molecule has 10 heavy (non-hydrogen) atoms. The molecule has 0 bridgehead atoms. The van der Waals surface area contributed by atoms with E-state index in [1.807, 2.05) is 25.9 Å². The Hall–Kier alpha value is -0.120. The molecule has 0 saturated carbocycles. The molecule has 0 radical (unpaired) electrons. The predicted octanol–water partition coefficient (Wildman–Crippen LogP) is -0.319. The molecule has 0 aromatic carbocycles. The largest absolute Gasteiger partial charge is 0.393 e. The maximum absolute atomic E-state index is 9.51. The minimum Gasteiger partial charge on any atom is -0.393 e. The lowest BCUT2D eigenvalue weighted by Gasteiger charge is -2.27. The van der Waals surface area contributed by atoms with Gasteiger partial charge in [-0.3, -0.25) is 0 Å². The van der Waals surface area contributed by atoms with E-state index in [1.165, 1.54) is 0 Å². The third kappa shape index (κ3) is 3.15. The summed E-state index contributed by atoms with van der Waals surface area (Å²) in [6.45, 7) is 2.21. The molecular weight excluding hydrogens is 130 g/mol. The Bertz CT molecular complexity index is 89.6. The van der Waals surface area contributed by atoms with Crippen molar-refractivity contribution in [2.75, 3.05) is 27.2 Å². The smallest absolute Gasteiger partial charge is 0.1000 e. The summed E-state index contributed by atoms with van der Waals surface area (Å²) in [5.41, 5.74) is -0.913. The molecule has 3 heteroatoms. The molecule has 0 aliphatic heterocycles. The molecule has 0 fully saturated rings. The van der Waals surface area contributed by atoms with Crippen LogP contribution >= 0.6 is 0 Å². The monoisotopic (exact) mass is 147 g/mol. The van der Waals surface area contributed by atoms with Gasteiger partial charge in [-0.15, -0.1) is 0 Å². The lowest BCUT2D eigenvalue weighted by atomic mass is 10.0. The quantitative estimate of drug-likeness (QED) is 0.573. The molecule has 0 aromatic heterocycles. The molecule has 1 atom stereocenters. The first kappa shape index (κ1) is 9.88. The second kappa shape index (κ2) is 3.91. The first-order chi connectivity index (χ1) is 4.54. The van der Waals surface area contributed by atoms with Crippen LogP contribution in [-0.4, -0.2) is 48.0 Å². The maximum atomic E-state index is 9.51. The van der Waals surface area contributed by atoms with Crippen LogP contribution in [0.4, 0.5) is 0 Å². The van der Waals surface area contributed by atoms with Gasteiger partial charge >= 0.3 is 0 Å². The number of likely N-dealkylation sites (N-methyl/N-ethyl adjacent to an activating group) is 1. The van der Waals surface area contributed by atoms with Gasteiger partial charge in [0.05, 0.1) is 12.2 Å². The highest BCUT2D eigenvalue weighted by atomic mass is 16.3. The van der Waals surface area contributed by atoms with Crippen molar-refractivity contribution in [3.05, 3.63) is 0 Å². The van der Waals surface area contributed by atoms with E-state index in [1.54, 1.807) is 0 Å². The molecule has 0 rings (SSSR count). The van der Waals surface area contributed by atoms with Crippen LogP contribution in [0.2, 0.25) is 0 Å². The highest BCUT2D eigenvalue weighted by molar-refractivity contribution is 4.77.